The van der Waals surface area contributed by atoms with Gasteiger partial charge in [-0.25, -0.2) is 9.78 Å². The standard InChI is InChI=1S/C11H15N3O3/c1-17-8-3-2-7(4-8)9-5-13-10(6-12-9)14-11(15)16/h5-8H,2-4H2,1H3,(H,13,14)(H,15,16)/t7-,8-/m1/s1. The number of nitrogens with zero attached hydrogens (tertiary/aromatic N) is 2. The zero-order chi connectivity index (χ0) is 12.3. The van der Waals surface area contributed by atoms with Crippen molar-refractivity contribution in [2.45, 2.75) is 31.3 Å². The van der Waals surface area contributed by atoms with Crippen molar-refractivity contribution < 1.29 is 14.6 Å². The van der Waals surface area contributed by atoms with E-state index in [9.17, 15) is 4.79 Å². The number of hydrogen-bond donors (Lipinski definition) is 2. The van der Waals surface area contributed by atoms with E-state index in [2.05, 4.69) is 15.3 Å². The average Bonchev–Trinajstić information content (AvgIpc) is 2.78. The number of carboxylic acid groups (broad SMARTS) is 1. The highest BCUT2D eigenvalue weighted by atomic mass is 16.5. The molecule has 1 amide bonds. The molecule has 92 valence electrons. The van der Waals surface area contributed by atoms with Gasteiger partial charge in [-0.3, -0.25) is 10.3 Å². The molecule has 1 aliphatic rings. The Morgan fingerprint density at radius 2 is 2.29 bits per heavy atom. The first kappa shape index (κ1) is 11.8. The molecule has 0 spiro atoms. The fraction of sp³-hybridized carbons (Fsp3) is 0.545. The van der Waals surface area contributed by atoms with Crippen molar-refractivity contribution in [3.63, 3.8) is 0 Å². The van der Waals surface area contributed by atoms with E-state index in [1.54, 1.807) is 13.3 Å². The van der Waals surface area contributed by atoms with Gasteiger partial charge in [0.05, 0.1) is 24.2 Å². The molecule has 1 aliphatic carbocycles. The smallest absolute Gasteiger partial charge is 0.410 e. The van der Waals surface area contributed by atoms with Gasteiger partial charge in [-0.05, 0) is 19.3 Å². The summed E-state index contributed by atoms with van der Waals surface area (Å²) in [5.74, 6) is 0.619. The number of nitrogens with one attached hydrogen (secondary N) is 1. The molecule has 1 heterocycles. The van der Waals surface area contributed by atoms with Crippen LogP contribution in [-0.4, -0.2) is 34.4 Å². The minimum Gasteiger partial charge on any atom is -0.465 e. The van der Waals surface area contributed by atoms with E-state index in [1.165, 1.54) is 6.20 Å². The summed E-state index contributed by atoms with van der Waals surface area (Å²) in [6.45, 7) is 0. The number of rotatable bonds is 3. The second-order valence-electron chi connectivity index (χ2n) is 4.12. The van der Waals surface area contributed by atoms with Crippen LogP contribution in [0.1, 0.15) is 30.9 Å². The first-order chi connectivity index (χ1) is 8.19. The van der Waals surface area contributed by atoms with Gasteiger partial charge in [0.2, 0.25) is 0 Å². The van der Waals surface area contributed by atoms with Crippen LogP contribution in [-0.2, 0) is 4.74 Å². The van der Waals surface area contributed by atoms with Gasteiger partial charge in [0.25, 0.3) is 0 Å². The SMILES string of the molecule is CO[C@@H]1CC[C@@H](c2cnc(NC(=O)O)cn2)C1. The Morgan fingerprint density at radius 1 is 1.47 bits per heavy atom. The first-order valence-electron chi connectivity index (χ1n) is 5.53. The fourth-order valence-corrected chi connectivity index (χ4v) is 2.15. The third-order valence-corrected chi connectivity index (χ3v) is 3.04. The maximum absolute atomic E-state index is 10.4. The Morgan fingerprint density at radius 3 is 2.82 bits per heavy atom. The Kier molecular flexibility index (Phi) is 3.53. The van der Waals surface area contributed by atoms with E-state index in [1.807, 2.05) is 0 Å². The van der Waals surface area contributed by atoms with Crippen LogP contribution in [0.5, 0.6) is 0 Å². The molecule has 6 nitrogen and oxygen atoms in total. The van der Waals surface area contributed by atoms with E-state index in [4.69, 9.17) is 9.84 Å². The number of aromatic nitrogens is 2. The largest absolute Gasteiger partial charge is 0.465 e. The Labute approximate surface area is 99.0 Å². The molecule has 0 unspecified atom stereocenters. The van der Waals surface area contributed by atoms with Crippen molar-refractivity contribution in [1.29, 1.82) is 0 Å². The van der Waals surface area contributed by atoms with E-state index < -0.39 is 6.09 Å². The maximum atomic E-state index is 10.4. The number of hydrogen-bond acceptors (Lipinski definition) is 4. The normalized spacial score (nSPS) is 23.6. The molecule has 0 radical (unpaired) electrons. The lowest BCUT2D eigenvalue weighted by molar-refractivity contribution is 0.108. The average molecular weight is 237 g/mol. The Hall–Kier alpha value is -1.69. The van der Waals surface area contributed by atoms with Crippen LogP contribution in [0.2, 0.25) is 0 Å². The monoisotopic (exact) mass is 237 g/mol. The first-order valence-corrected chi connectivity index (χ1v) is 5.53. The van der Waals surface area contributed by atoms with Crippen molar-refractivity contribution in [1.82, 2.24) is 9.97 Å². The molecule has 2 rings (SSSR count). The van der Waals surface area contributed by atoms with Gasteiger partial charge in [-0.15, -0.1) is 0 Å². The lowest BCUT2D eigenvalue weighted by atomic mass is 10.0. The van der Waals surface area contributed by atoms with Crippen LogP contribution < -0.4 is 5.32 Å². The summed E-state index contributed by atoms with van der Waals surface area (Å²) in [5, 5.41) is 10.7. The van der Waals surface area contributed by atoms with Crippen LogP contribution in [0, 0.1) is 0 Å². The van der Waals surface area contributed by atoms with Gasteiger partial charge in [-0.2, -0.15) is 0 Å². The summed E-state index contributed by atoms with van der Waals surface area (Å²) < 4.78 is 5.30. The minimum absolute atomic E-state index is 0.252. The van der Waals surface area contributed by atoms with Gasteiger partial charge in [-0.1, -0.05) is 0 Å². The Balaban J connectivity index is 2.01. The molecule has 17 heavy (non-hydrogen) atoms. The molecule has 0 saturated heterocycles. The van der Waals surface area contributed by atoms with Crippen molar-refractivity contribution in [2.75, 3.05) is 12.4 Å². The summed E-state index contributed by atoms with van der Waals surface area (Å²) in [4.78, 5) is 18.7. The number of carbonyl (C=O) groups is 1. The molecule has 1 saturated carbocycles. The minimum atomic E-state index is -1.13. The quantitative estimate of drug-likeness (QED) is 0.838. The predicted octanol–water partition coefficient (Wildman–Crippen LogP) is 1.85. The number of ether oxygens (including phenoxy) is 1. The van der Waals surface area contributed by atoms with Gasteiger partial charge < -0.3 is 9.84 Å². The summed E-state index contributed by atoms with van der Waals surface area (Å²) in [6.07, 6.45) is 5.29. The third-order valence-electron chi connectivity index (χ3n) is 3.04. The van der Waals surface area contributed by atoms with Gasteiger partial charge in [0.1, 0.15) is 0 Å². The second-order valence-corrected chi connectivity index (χ2v) is 4.12. The highest BCUT2D eigenvalue weighted by Crippen LogP contribution is 2.34. The van der Waals surface area contributed by atoms with Crippen molar-refractivity contribution in [3.8, 4) is 0 Å². The summed E-state index contributed by atoms with van der Waals surface area (Å²) in [5.41, 5.74) is 0.903. The molecule has 2 atom stereocenters. The van der Waals surface area contributed by atoms with E-state index in [0.29, 0.717) is 12.0 Å². The number of anilines is 1. The van der Waals surface area contributed by atoms with Gasteiger partial charge in [0.15, 0.2) is 5.82 Å². The molecule has 1 aromatic rings. The van der Waals surface area contributed by atoms with E-state index in [0.717, 1.165) is 25.0 Å². The lowest BCUT2D eigenvalue weighted by Gasteiger charge is -2.09. The van der Waals surface area contributed by atoms with Crippen LogP contribution in [0.3, 0.4) is 0 Å². The topological polar surface area (TPSA) is 84.3 Å². The van der Waals surface area contributed by atoms with E-state index in [-0.39, 0.29) is 5.82 Å². The lowest BCUT2D eigenvalue weighted by Crippen LogP contribution is -2.10. The summed E-state index contributed by atoms with van der Waals surface area (Å²) in [7, 11) is 1.72. The van der Waals surface area contributed by atoms with Gasteiger partial charge >= 0.3 is 6.09 Å². The van der Waals surface area contributed by atoms with Crippen LogP contribution in [0.4, 0.5) is 10.6 Å². The zero-order valence-corrected chi connectivity index (χ0v) is 9.59. The predicted molar refractivity (Wildman–Crippen MR) is 61.1 cm³/mol. The highest BCUT2D eigenvalue weighted by molar-refractivity contribution is 5.81. The Bertz CT molecular complexity index is 393. The molecular weight excluding hydrogens is 222 g/mol. The van der Waals surface area contributed by atoms with Crippen molar-refractivity contribution in [2.24, 2.45) is 0 Å². The molecule has 0 aliphatic heterocycles. The van der Waals surface area contributed by atoms with Crippen LogP contribution in [0.25, 0.3) is 0 Å². The second kappa shape index (κ2) is 5.09. The molecule has 6 heteroatoms. The highest BCUT2D eigenvalue weighted by Gasteiger charge is 2.26. The van der Waals surface area contributed by atoms with Crippen LogP contribution in [0.15, 0.2) is 12.4 Å². The van der Waals surface area contributed by atoms with Crippen molar-refractivity contribution in [3.05, 3.63) is 18.1 Å². The third kappa shape index (κ3) is 2.91. The van der Waals surface area contributed by atoms with Gasteiger partial charge in [0, 0.05) is 13.0 Å². The number of amides is 1. The summed E-state index contributed by atoms with van der Waals surface area (Å²) >= 11 is 0. The molecule has 2 N–H and O–H groups in total. The summed E-state index contributed by atoms with van der Waals surface area (Å²) in [6, 6.07) is 0. The fourth-order valence-electron chi connectivity index (χ4n) is 2.15. The molecule has 1 fully saturated rings. The maximum Gasteiger partial charge on any atom is 0.410 e. The van der Waals surface area contributed by atoms with Crippen LogP contribution >= 0.6 is 0 Å². The molecular formula is C11H15N3O3. The zero-order valence-electron chi connectivity index (χ0n) is 9.59. The van der Waals surface area contributed by atoms with Crippen molar-refractivity contribution >= 4 is 11.9 Å². The molecule has 0 bridgehead atoms. The molecule has 0 aromatic carbocycles. The number of methoxy groups -OCH3 is 1. The molecule has 1 aromatic heterocycles. The van der Waals surface area contributed by atoms with E-state index >= 15 is 0 Å².